The van der Waals surface area contributed by atoms with Gasteiger partial charge in [-0.3, -0.25) is 4.52 Å². The Kier molecular flexibility index (Phi) is 18.5. The zero-order valence-electron chi connectivity index (χ0n) is 18.9. The van der Waals surface area contributed by atoms with Crippen molar-refractivity contribution in [1.82, 2.24) is 4.72 Å². The topological polar surface area (TPSA) is 122 Å². The number of unbranched alkanes of at least 4 members (excludes halogenated alkanes) is 10. The molecule has 0 saturated heterocycles. The van der Waals surface area contributed by atoms with Crippen molar-refractivity contribution in [2.24, 2.45) is 0 Å². The molecule has 0 heterocycles. The average molecular weight is 474 g/mol. The highest BCUT2D eigenvalue weighted by Crippen LogP contribution is 2.35. The number of hydrogen-bond donors (Lipinski definition) is 3. The number of phosphoric ester groups is 1. The van der Waals surface area contributed by atoms with Crippen LogP contribution >= 0.6 is 7.82 Å². The third-order valence-corrected chi connectivity index (χ3v) is 6.86. The van der Waals surface area contributed by atoms with Crippen molar-refractivity contribution in [2.75, 3.05) is 25.6 Å². The van der Waals surface area contributed by atoms with Gasteiger partial charge in [-0.2, -0.15) is 0 Å². The first kappa shape index (κ1) is 30.0. The van der Waals surface area contributed by atoms with Crippen LogP contribution in [0.2, 0.25) is 0 Å². The van der Waals surface area contributed by atoms with E-state index in [4.69, 9.17) is 14.5 Å². The number of phosphoric acid groups is 1. The lowest BCUT2D eigenvalue weighted by Crippen LogP contribution is -2.39. The van der Waals surface area contributed by atoms with E-state index >= 15 is 0 Å². The Morgan fingerprint density at radius 3 is 1.93 bits per heavy atom. The van der Waals surface area contributed by atoms with Crippen LogP contribution in [0.3, 0.4) is 0 Å². The van der Waals surface area contributed by atoms with Crippen molar-refractivity contribution in [2.45, 2.75) is 103 Å². The Morgan fingerprint density at radius 2 is 1.37 bits per heavy atom. The average Bonchev–Trinajstić information content (AvgIpc) is 2.65. The van der Waals surface area contributed by atoms with Crippen LogP contribution in [0.15, 0.2) is 0 Å². The van der Waals surface area contributed by atoms with Crippen LogP contribution in [0.4, 0.5) is 0 Å². The van der Waals surface area contributed by atoms with Crippen molar-refractivity contribution in [3.8, 4) is 0 Å². The smallest absolute Gasteiger partial charge is 0.377 e. The number of ether oxygens (including phenoxy) is 1. The summed E-state index contributed by atoms with van der Waals surface area (Å²) in [5.41, 5.74) is 0. The van der Waals surface area contributed by atoms with Gasteiger partial charge in [0.15, 0.2) is 0 Å². The summed E-state index contributed by atoms with van der Waals surface area (Å²) >= 11 is 0. The Hall–Kier alpha value is -0.0200. The number of rotatable bonds is 22. The molecule has 0 aliphatic carbocycles. The second-order valence-corrected chi connectivity index (χ2v) is 11.0. The minimum atomic E-state index is -4.51. The van der Waals surface area contributed by atoms with Crippen LogP contribution < -0.4 is 4.72 Å². The second-order valence-electron chi connectivity index (χ2n) is 7.86. The summed E-state index contributed by atoms with van der Waals surface area (Å²) in [6, 6.07) is -0.337. The molecule has 0 aromatic heterocycles. The maximum Gasteiger partial charge on any atom is 0.469 e. The molecule has 3 N–H and O–H groups in total. The molecule has 0 rings (SSSR count). The lowest BCUT2D eigenvalue weighted by Gasteiger charge is -2.19. The van der Waals surface area contributed by atoms with E-state index in [9.17, 15) is 13.0 Å². The van der Waals surface area contributed by atoms with Gasteiger partial charge in [0, 0.05) is 6.04 Å². The highest BCUT2D eigenvalue weighted by molar-refractivity contribution is 7.89. The lowest BCUT2D eigenvalue weighted by atomic mass is 10.1. The van der Waals surface area contributed by atoms with Crippen LogP contribution in [0.25, 0.3) is 0 Å². The molecule has 1 unspecified atom stereocenters. The normalized spacial score (nSPS) is 13.6. The van der Waals surface area contributed by atoms with E-state index in [-0.39, 0.29) is 31.6 Å². The summed E-state index contributed by atoms with van der Waals surface area (Å²) in [5.74, 6) is 0.120. The van der Waals surface area contributed by atoms with Gasteiger partial charge >= 0.3 is 7.82 Å². The molecule has 182 valence electrons. The van der Waals surface area contributed by atoms with Gasteiger partial charge in [-0.15, -0.1) is 0 Å². The molecule has 0 amide bonds. The van der Waals surface area contributed by atoms with E-state index < -0.39 is 17.8 Å². The SMILES string of the molecule is CCCCCCCCCCS(=O)(=O)NC(CCCCCC)COCCOP(=O)(O)O. The zero-order chi connectivity index (χ0) is 22.7. The Labute approximate surface area is 183 Å². The maximum atomic E-state index is 12.4. The van der Waals surface area contributed by atoms with Crippen molar-refractivity contribution >= 4 is 17.8 Å². The molecule has 0 saturated carbocycles. The molecular formula is C20H44NO7PS. The quantitative estimate of drug-likeness (QED) is 0.156. The van der Waals surface area contributed by atoms with E-state index in [0.717, 1.165) is 44.9 Å². The van der Waals surface area contributed by atoms with Crippen LogP contribution in [0.1, 0.15) is 97.3 Å². The molecule has 0 aromatic carbocycles. The van der Waals surface area contributed by atoms with Gasteiger partial charge in [0.2, 0.25) is 10.0 Å². The minimum Gasteiger partial charge on any atom is -0.377 e. The van der Waals surface area contributed by atoms with Gasteiger partial charge < -0.3 is 14.5 Å². The fourth-order valence-corrected chi connectivity index (χ4v) is 4.88. The summed E-state index contributed by atoms with van der Waals surface area (Å²) < 4.78 is 48.0. The monoisotopic (exact) mass is 473 g/mol. The van der Waals surface area contributed by atoms with Crippen LogP contribution in [0, 0.1) is 0 Å². The molecule has 0 bridgehead atoms. The molecular weight excluding hydrogens is 429 g/mol. The molecule has 0 aromatic rings. The van der Waals surface area contributed by atoms with Gasteiger partial charge in [-0.05, 0) is 12.8 Å². The fraction of sp³-hybridized carbons (Fsp3) is 1.00. The van der Waals surface area contributed by atoms with Gasteiger partial charge in [0.1, 0.15) is 0 Å². The second kappa shape index (κ2) is 18.5. The number of hydrogen-bond acceptors (Lipinski definition) is 5. The van der Waals surface area contributed by atoms with E-state index in [1.165, 1.54) is 25.7 Å². The van der Waals surface area contributed by atoms with Crippen molar-refractivity contribution in [3.63, 3.8) is 0 Å². The fourth-order valence-electron chi connectivity index (χ4n) is 3.17. The Bertz CT molecular complexity index is 539. The minimum absolute atomic E-state index is 0.00364. The number of sulfonamides is 1. The van der Waals surface area contributed by atoms with E-state index in [0.29, 0.717) is 12.8 Å². The molecule has 8 nitrogen and oxygen atoms in total. The third-order valence-electron chi connectivity index (χ3n) is 4.83. The highest BCUT2D eigenvalue weighted by atomic mass is 32.2. The first-order valence-electron chi connectivity index (χ1n) is 11.5. The molecule has 0 fully saturated rings. The van der Waals surface area contributed by atoms with Crippen LogP contribution in [0.5, 0.6) is 0 Å². The van der Waals surface area contributed by atoms with Gasteiger partial charge in [0.25, 0.3) is 0 Å². The standard InChI is InChI=1S/C20H44NO7PS/c1-3-5-7-9-10-11-12-14-18-30(25,26)21-20(15-13-8-6-4-2)19-27-16-17-28-29(22,23)24/h20-21H,3-19H2,1-2H3,(H2,22,23,24). The molecule has 0 aliphatic heterocycles. The maximum absolute atomic E-state index is 12.4. The van der Waals surface area contributed by atoms with Crippen LogP contribution in [-0.4, -0.2) is 49.8 Å². The largest absolute Gasteiger partial charge is 0.469 e. The van der Waals surface area contributed by atoms with Crippen molar-refractivity contribution < 1.29 is 32.0 Å². The molecule has 1 atom stereocenters. The molecule has 0 radical (unpaired) electrons. The van der Waals surface area contributed by atoms with E-state index in [2.05, 4.69) is 23.1 Å². The molecule has 0 spiro atoms. The molecule has 30 heavy (non-hydrogen) atoms. The van der Waals surface area contributed by atoms with Gasteiger partial charge in [-0.1, -0.05) is 84.5 Å². The summed E-state index contributed by atoms with van der Waals surface area (Å²) in [6.45, 7) is 4.23. The number of nitrogens with one attached hydrogen (secondary N) is 1. The molecule has 10 heteroatoms. The third kappa shape index (κ3) is 21.2. The summed E-state index contributed by atoms with van der Waals surface area (Å²) in [7, 11) is -7.88. The zero-order valence-corrected chi connectivity index (χ0v) is 20.6. The Morgan fingerprint density at radius 1 is 0.833 bits per heavy atom. The van der Waals surface area contributed by atoms with Crippen molar-refractivity contribution in [3.05, 3.63) is 0 Å². The van der Waals surface area contributed by atoms with Gasteiger partial charge in [-0.25, -0.2) is 17.7 Å². The predicted octanol–water partition coefficient (Wildman–Crippen LogP) is 4.51. The van der Waals surface area contributed by atoms with Gasteiger partial charge in [0.05, 0.1) is 25.6 Å². The van der Waals surface area contributed by atoms with E-state index in [1.54, 1.807) is 0 Å². The van der Waals surface area contributed by atoms with E-state index in [1.807, 2.05) is 0 Å². The van der Waals surface area contributed by atoms with Crippen molar-refractivity contribution in [1.29, 1.82) is 0 Å². The summed E-state index contributed by atoms with van der Waals surface area (Å²) in [5, 5.41) is 0. The lowest BCUT2D eigenvalue weighted by molar-refractivity contribution is 0.0738. The first-order chi connectivity index (χ1) is 14.2. The first-order valence-corrected chi connectivity index (χ1v) is 14.7. The summed E-state index contributed by atoms with van der Waals surface area (Å²) in [4.78, 5) is 17.3. The highest BCUT2D eigenvalue weighted by Gasteiger charge is 2.18. The predicted molar refractivity (Wildman–Crippen MR) is 121 cm³/mol. The van der Waals surface area contributed by atoms with Crippen LogP contribution in [-0.2, 0) is 23.8 Å². The summed E-state index contributed by atoms with van der Waals surface area (Å²) in [6.07, 6.45) is 13.6. The molecule has 0 aliphatic rings. The Balaban J connectivity index is 4.23.